The number of rotatable bonds is 2. The highest BCUT2D eigenvalue weighted by atomic mass is 79.9. The molecule has 0 fully saturated rings. The Morgan fingerprint density at radius 3 is 2.18 bits per heavy atom. The van der Waals surface area contributed by atoms with Gasteiger partial charge in [0.05, 0.1) is 5.56 Å². The van der Waals surface area contributed by atoms with Gasteiger partial charge < -0.3 is 0 Å². The van der Waals surface area contributed by atoms with Gasteiger partial charge in [0.25, 0.3) is 6.43 Å². The molecule has 0 radical (unpaired) electrons. The molecule has 0 spiro atoms. The van der Waals surface area contributed by atoms with Gasteiger partial charge in [0.1, 0.15) is 0 Å². The molecule has 0 aromatic heterocycles. The second kappa shape index (κ2) is 4.72. The van der Waals surface area contributed by atoms with Gasteiger partial charge in [0.15, 0.2) is 5.78 Å². The van der Waals surface area contributed by atoms with E-state index in [1.165, 1.54) is 0 Å². The third-order valence-electron chi connectivity index (χ3n) is 2.06. The van der Waals surface area contributed by atoms with Crippen molar-refractivity contribution >= 4 is 21.7 Å². The Labute approximate surface area is 102 Å². The summed E-state index contributed by atoms with van der Waals surface area (Å²) in [6.07, 6.45) is -8.01. The van der Waals surface area contributed by atoms with Crippen LogP contribution >= 0.6 is 15.9 Å². The third-order valence-corrected chi connectivity index (χ3v) is 2.72. The van der Waals surface area contributed by atoms with Crippen molar-refractivity contribution in [3.63, 3.8) is 0 Å². The number of halogens is 6. The summed E-state index contributed by atoms with van der Waals surface area (Å²) in [5.74, 6) is -1.05. The van der Waals surface area contributed by atoms with Crippen LogP contribution in [0.4, 0.5) is 22.0 Å². The van der Waals surface area contributed by atoms with Crippen LogP contribution in [0.5, 0.6) is 0 Å². The van der Waals surface area contributed by atoms with E-state index in [4.69, 9.17) is 0 Å². The topological polar surface area (TPSA) is 17.1 Å². The Kier molecular flexibility index (Phi) is 3.91. The maximum Gasteiger partial charge on any atom is 0.418 e. The lowest BCUT2D eigenvalue weighted by atomic mass is 9.97. The van der Waals surface area contributed by atoms with Crippen molar-refractivity contribution in [2.45, 2.75) is 19.5 Å². The van der Waals surface area contributed by atoms with Gasteiger partial charge in [-0.25, -0.2) is 8.78 Å². The minimum Gasteiger partial charge on any atom is -0.294 e. The lowest BCUT2D eigenvalue weighted by molar-refractivity contribution is -0.138. The van der Waals surface area contributed by atoms with Crippen LogP contribution in [0.3, 0.4) is 0 Å². The molecule has 0 saturated carbocycles. The minimum atomic E-state index is -4.87. The molecule has 17 heavy (non-hydrogen) atoms. The van der Waals surface area contributed by atoms with Gasteiger partial charge in [-0.15, -0.1) is 0 Å². The molecule has 7 heteroatoms. The summed E-state index contributed by atoms with van der Waals surface area (Å²) < 4.78 is 62.7. The fraction of sp³-hybridized carbons (Fsp3) is 0.300. The molecule has 0 aliphatic rings. The van der Waals surface area contributed by atoms with Crippen LogP contribution in [-0.4, -0.2) is 5.78 Å². The number of Topliss-reactive ketones (excluding diaryl/α,β-unsaturated/α-hetero) is 1. The predicted molar refractivity (Wildman–Crippen MR) is 54.1 cm³/mol. The molecular weight excluding hydrogens is 311 g/mol. The predicted octanol–water partition coefficient (Wildman–Crippen LogP) is 4.61. The van der Waals surface area contributed by atoms with Gasteiger partial charge in [-0.2, -0.15) is 13.2 Å². The van der Waals surface area contributed by atoms with Gasteiger partial charge in [-0.05, 0) is 13.0 Å². The van der Waals surface area contributed by atoms with Crippen molar-refractivity contribution in [2.24, 2.45) is 0 Å². The quantitative estimate of drug-likeness (QED) is 0.575. The number of benzene rings is 1. The van der Waals surface area contributed by atoms with Crippen molar-refractivity contribution in [1.29, 1.82) is 0 Å². The summed E-state index contributed by atoms with van der Waals surface area (Å²) in [5.41, 5.74) is -3.25. The van der Waals surface area contributed by atoms with E-state index in [9.17, 15) is 26.7 Å². The van der Waals surface area contributed by atoms with E-state index in [1.54, 1.807) is 0 Å². The minimum absolute atomic E-state index is 0.431. The van der Waals surface area contributed by atoms with E-state index in [1.807, 2.05) is 0 Å². The molecule has 94 valence electrons. The average molecular weight is 317 g/mol. The van der Waals surface area contributed by atoms with E-state index in [0.29, 0.717) is 0 Å². The highest BCUT2D eigenvalue weighted by Gasteiger charge is 2.39. The number of hydrogen-bond acceptors (Lipinski definition) is 1. The molecule has 0 saturated heterocycles. The second-order valence-corrected chi connectivity index (χ2v) is 4.10. The van der Waals surface area contributed by atoms with Crippen LogP contribution in [0.1, 0.15) is 34.8 Å². The molecule has 1 nitrogen and oxygen atoms in total. The summed E-state index contributed by atoms with van der Waals surface area (Å²) in [5, 5.41) is 0. The van der Waals surface area contributed by atoms with Crippen LogP contribution in [0.25, 0.3) is 0 Å². The highest BCUT2D eigenvalue weighted by molar-refractivity contribution is 9.10. The summed E-state index contributed by atoms with van der Waals surface area (Å²) >= 11 is 2.62. The Balaban J connectivity index is 3.67. The van der Waals surface area contributed by atoms with Crippen molar-refractivity contribution in [3.05, 3.63) is 33.3 Å². The largest absolute Gasteiger partial charge is 0.418 e. The van der Waals surface area contributed by atoms with Crippen molar-refractivity contribution in [3.8, 4) is 0 Å². The summed E-state index contributed by atoms with van der Waals surface area (Å²) in [6, 6.07) is 1.66. The van der Waals surface area contributed by atoms with Gasteiger partial charge in [-0.1, -0.05) is 22.0 Å². The number of ketones is 1. The fourth-order valence-corrected chi connectivity index (χ4v) is 1.99. The number of carbonyl (C=O) groups is 1. The molecular formula is C10H6BrF5O. The first-order chi connectivity index (χ1) is 7.66. The number of hydrogen-bond donors (Lipinski definition) is 0. The van der Waals surface area contributed by atoms with Crippen molar-refractivity contribution in [2.75, 3.05) is 0 Å². The second-order valence-electron chi connectivity index (χ2n) is 3.24. The normalized spacial score (nSPS) is 12.0. The van der Waals surface area contributed by atoms with Gasteiger partial charge in [0.2, 0.25) is 0 Å². The zero-order valence-electron chi connectivity index (χ0n) is 8.41. The van der Waals surface area contributed by atoms with Crippen LogP contribution in [0.2, 0.25) is 0 Å². The van der Waals surface area contributed by atoms with E-state index in [0.717, 1.165) is 19.1 Å². The molecule has 0 atom stereocenters. The number of carbonyl (C=O) groups excluding carboxylic acids is 1. The first-order valence-corrected chi connectivity index (χ1v) is 5.14. The zero-order chi connectivity index (χ0) is 13.4. The molecule has 0 aliphatic carbocycles. The van der Waals surface area contributed by atoms with Gasteiger partial charge >= 0.3 is 6.18 Å². The summed E-state index contributed by atoms with van der Waals surface area (Å²) in [7, 11) is 0. The molecule has 0 amide bonds. The summed E-state index contributed by atoms with van der Waals surface area (Å²) in [6.45, 7) is 0.822. The highest BCUT2D eigenvalue weighted by Crippen LogP contribution is 2.40. The Bertz CT molecular complexity index is 453. The average Bonchev–Trinajstić information content (AvgIpc) is 2.14. The lowest BCUT2D eigenvalue weighted by Crippen LogP contribution is -2.15. The van der Waals surface area contributed by atoms with Gasteiger partial charge in [0, 0.05) is 15.6 Å². The molecule has 1 aromatic rings. The maximum atomic E-state index is 12.7. The van der Waals surface area contributed by atoms with E-state index < -0.39 is 39.5 Å². The maximum absolute atomic E-state index is 12.7. The Morgan fingerprint density at radius 2 is 1.82 bits per heavy atom. The van der Waals surface area contributed by atoms with Gasteiger partial charge in [-0.3, -0.25) is 4.79 Å². The van der Waals surface area contributed by atoms with E-state index >= 15 is 0 Å². The summed E-state index contributed by atoms with van der Waals surface area (Å²) in [4.78, 5) is 11.1. The first-order valence-electron chi connectivity index (χ1n) is 4.35. The molecule has 0 bridgehead atoms. The molecule has 1 aromatic carbocycles. The zero-order valence-corrected chi connectivity index (χ0v) is 9.99. The Morgan fingerprint density at radius 1 is 1.29 bits per heavy atom. The standard InChI is InChI=1S/C10H6BrF5O/c1-4(17)7-5(9(12)13)2-3-6(11)8(7)10(14,15)16/h2-3,9H,1H3. The number of alkyl halides is 5. The molecule has 0 heterocycles. The van der Waals surface area contributed by atoms with Crippen molar-refractivity contribution < 1.29 is 26.7 Å². The third kappa shape index (κ3) is 2.83. The van der Waals surface area contributed by atoms with Crippen LogP contribution in [0.15, 0.2) is 16.6 Å². The Hall–Kier alpha value is -0.980. The first kappa shape index (κ1) is 14.1. The lowest BCUT2D eigenvalue weighted by Gasteiger charge is -2.16. The molecule has 1 rings (SSSR count). The SMILES string of the molecule is CC(=O)c1c(C(F)F)ccc(Br)c1C(F)(F)F. The molecule has 0 unspecified atom stereocenters. The van der Waals surface area contributed by atoms with Crippen molar-refractivity contribution in [1.82, 2.24) is 0 Å². The fourth-order valence-electron chi connectivity index (χ4n) is 1.43. The van der Waals surface area contributed by atoms with E-state index in [-0.39, 0.29) is 0 Å². The molecule has 0 N–H and O–H groups in total. The molecule has 0 aliphatic heterocycles. The monoisotopic (exact) mass is 316 g/mol. The van der Waals surface area contributed by atoms with Crippen LogP contribution in [0, 0.1) is 0 Å². The van der Waals surface area contributed by atoms with E-state index in [2.05, 4.69) is 15.9 Å². The smallest absolute Gasteiger partial charge is 0.294 e. The van der Waals surface area contributed by atoms with Crippen LogP contribution < -0.4 is 0 Å². The van der Waals surface area contributed by atoms with Crippen LogP contribution in [-0.2, 0) is 6.18 Å².